The Morgan fingerprint density at radius 3 is 2.76 bits per heavy atom. The van der Waals surface area contributed by atoms with Crippen molar-refractivity contribution < 1.29 is 4.79 Å². The molecule has 1 aromatic heterocycles. The second-order valence-corrected chi connectivity index (χ2v) is 5.83. The topological polar surface area (TPSA) is 80.0 Å². The highest BCUT2D eigenvalue weighted by Gasteiger charge is 2.17. The molecule has 0 aliphatic carbocycles. The Labute approximate surface area is 128 Å². The first-order valence-electron chi connectivity index (χ1n) is 6.95. The molecule has 2 rings (SSSR count). The summed E-state index contributed by atoms with van der Waals surface area (Å²) in [6, 6.07) is 10.1. The molecule has 5 nitrogen and oxygen atoms in total. The number of hydrogen-bond donors (Lipinski definition) is 3. The smallest absolute Gasteiger partial charge is 0.265 e. The number of nitrogens with two attached hydrogens (primary N) is 1. The van der Waals surface area contributed by atoms with E-state index in [0.717, 1.165) is 13.0 Å². The van der Waals surface area contributed by atoms with Crippen molar-refractivity contribution in [3.05, 3.63) is 40.8 Å². The number of thiazole rings is 1. The first-order valence-corrected chi connectivity index (χ1v) is 7.76. The van der Waals surface area contributed by atoms with E-state index in [1.54, 1.807) is 0 Å². The Bertz CT molecular complexity index is 597. The first-order chi connectivity index (χ1) is 10.1. The summed E-state index contributed by atoms with van der Waals surface area (Å²) in [4.78, 5) is 16.8. The fourth-order valence-electron chi connectivity index (χ4n) is 2.03. The second-order valence-electron chi connectivity index (χ2n) is 4.83. The van der Waals surface area contributed by atoms with Crippen molar-refractivity contribution >= 4 is 28.2 Å². The quantitative estimate of drug-likeness (QED) is 0.766. The van der Waals surface area contributed by atoms with Gasteiger partial charge in [-0.3, -0.25) is 4.79 Å². The van der Waals surface area contributed by atoms with Gasteiger partial charge in [0.1, 0.15) is 10.7 Å². The fourth-order valence-corrected chi connectivity index (χ4v) is 2.89. The molecule has 1 atom stereocenters. The van der Waals surface area contributed by atoms with E-state index >= 15 is 0 Å². The molecule has 0 saturated heterocycles. The van der Waals surface area contributed by atoms with Gasteiger partial charge >= 0.3 is 0 Å². The van der Waals surface area contributed by atoms with Crippen molar-refractivity contribution in [3.8, 4) is 0 Å². The molecule has 6 heteroatoms. The SMILES string of the molecule is CCNc1nc(N)c(C(=O)NC(C)Cc2ccccc2)s1. The molecule has 0 spiro atoms. The zero-order chi connectivity index (χ0) is 15.2. The molecule has 0 aliphatic heterocycles. The van der Waals surface area contributed by atoms with E-state index in [-0.39, 0.29) is 17.8 Å². The number of amides is 1. The predicted molar refractivity (Wildman–Crippen MR) is 87.8 cm³/mol. The molecule has 4 N–H and O–H groups in total. The van der Waals surface area contributed by atoms with E-state index < -0.39 is 0 Å². The molecule has 0 radical (unpaired) electrons. The zero-order valence-corrected chi connectivity index (χ0v) is 13.0. The van der Waals surface area contributed by atoms with Crippen molar-refractivity contribution in [1.29, 1.82) is 0 Å². The Hall–Kier alpha value is -2.08. The van der Waals surface area contributed by atoms with Crippen LogP contribution in [0.1, 0.15) is 29.1 Å². The van der Waals surface area contributed by atoms with E-state index in [2.05, 4.69) is 15.6 Å². The number of aromatic nitrogens is 1. The minimum Gasteiger partial charge on any atom is -0.382 e. The summed E-state index contributed by atoms with van der Waals surface area (Å²) in [5.41, 5.74) is 6.99. The average molecular weight is 304 g/mol. The number of carbonyl (C=O) groups is 1. The van der Waals surface area contributed by atoms with Gasteiger partial charge in [0.05, 0.1) is 0 Å². The van der Waals surface area contributed by atoms with Crippen LogP contribution < -0.4 is 16.4 Å². The molecule has 21 heavy (non-hydrogen) atoms. The molecular formula is C15H20N4OS. The van der Waals surface area contributed by atoms with Crippen LogP contribution in [-0.2, 0) is 6.42 Å². The van der Waals surface area contributed by atoms with Crippen molar-refractivity contribution in [2.75, 3.05) is 17.6 Å². The summed E-state index contributed by atoms with van der Waals surface area (Å²) >= 11 is 1.28. The van der Waals surface area contributed by atoms with Crippen molar-refractivity contribution in [2.24, 2.45) is 0 Å². The number of nitrogen functional groups attached to an aromatic ring is 1. The lowest BCUT2D eigenvalue weighted by Crippen LogP contribution is -2.34. The number of nitrogens with zero attached hydrogens (tertiary/aromatic N) is 1. The molecule has 1 amide bonds. The summed E-state index contributed by atoms with van der Waals surface area (Å²) in [6.45, 7) is 4.70. The summed E-state index contributed by atoms with van der Waals surface area (Å²) < 4.78 is 0. The fraction of sp³-hybridized carbons (Fsp3) is 0.333. The molecule has 0 bridgehead atoms. The number of hydrogen-bond acceptors (Lipinski definition) is 5. The number of anilines is 2. The van der Waals surface area contributed by atoms with Crippen molar-refractivity contribution in [1.82, 2.24) is 10.3 Å². The van der Waals surface area contributed by atoms with Crippen LogP contribution in [0, 0.1) is 0 Å². The summed E-state index contributed by atoms with van der Waals surface area (Å²) in [7, 11) is 0. The van der Waals surface area contributed by atoms with Gasteiger partial charge in [0.2, 0.25) is 0 Å². The number of carbonyl (C=O) groups excluding carboxylic acids is 1. The third kappa shape index (κ3) is 4.19. The predicted octanol–water partition coefficient (Wildman–Crippen LogP) is 2.52. The molecule has 0 fully saturated rings. The zero-order valence-electron chi connectivity index (χ0n) is 12.2. The van der Waals surface area contributed by atoms with Gasteiger partial charge in [-0.25, -0.2) is 4.98 Å². The van der Waals surface area contributed by atoms with Crippen LogP contribution in [0.4, 0.5) is 10.9 Å². The van der Waals surface area contributed by atoms with Crippen LogP contribution in [0.5, 0.6) is 0 Å². The summed E-state index contributed by atoms with van der Waals surface area (Å²) in [6.07, 6.45) is 0.783. The largest absolute Gasteiger partial charge is 0.382 e. The minimum absolute atomic E-state index is 0.0315. The molecule has 0 aliphatic rings. The van der Waals surface area contributed by atoms with Crippen LogP contribution in [0.2, 0.25) is 0 Å². The Morgan fingerprint density at radius 1 is 1.38 bits per heavy atom. The Morgan fingerprint density at radius 2 is 2.10 bits per heavy atom. The van der Waals surface area contributed by atoms with Crippen LogP contribution in [0.25, 0.3) is 0 Å². The van der Waals surface area contributed by atoms with Gasteiger partial charge in [0.15, 0.2) is 5.13 Å². The maximum Gasteiger partial charge on any atom is 0.265 e. The van der Waals surface area contributed by atoms with Crippen LogP contribution in [0.15, 0.2) is 30.3 Å². The van der Waals surface area contributed by atoms with Gasteiger partial charge in [-0.05, 0) is 25.8 Å². The molecule has 112 valence electrons. The van der Waals surface area contributed by atoms with Gasteiger partial charge in [-0.1, -0.05) is 41.7 Å². The van der Waals surface area contributed by atoms with Crippen LogP contribution >= 0.6 is 11.3 Å². The standard InChI is InChI=1S/C15H20N4OS/c1-3-17-15-19-13(16)12(21-15)14(20)18-10(2)9-11-7-5-4-6-8-11/h4-8,10H,3,9,16H2,1-2H3,(H,17,19)(H,18,20). The molecule has 1 aromatic carbocycles. The molecule has 0 saturated carbocycles. The lowest BCUT2D eigenvalue weighted by molar-refractivity contribution is 0.0945. The molecular weight excluding hydrogens is 284 g/mol. The van der Waals surface area contributed by atoms with E-state index in [1.807, 2.05) is 44.2 Å². The molecule has 2 aromatic rings. The minimum atomic E-state index is -0.169. The van der Waals surface area contributed by atoms with E-state index in [1.165, 1.54) is 16.9 Å². The number of nitrogens with one attached hydrogen (secondary N) is 2. The van der Waals surface area contributed by atoms with Gasteiger partial charge in [-0.2, -0.15) is 0 Å². The lowest BCUT2D eigenvalue weighted by atomic mass is 10.1. The highest BCUT2D eigenvalue weighted by Crippen LogP contribution is 2.24. The third-order valence-corrected chi connectivity index (χ3v) is 3.98. The summed E-state index contributed by atoms with van der Waals surface area (Å²) in [5.74, 6) is 0.109. The van der Waals surface area contributed by atoms with Gasteiger partial charge in [0.25, 0.3) is 5.91 Å². The lowest BCUT2D eigenvalue weighted by Gasteiger charge is -2.13. The average Bonchev–Trinajstić information content (AvgIpc) is 2.81. The summed E-state index contributed by atoms with van der Waals surface area (Å²) in [5, 5.41) is 6.71. The van der Waals surface area contributed by atoms with Gasteiger partial charge in [0, 0.05) is 12.6 Å². The highest BCUT2D eigenvalue weighted by molar-refractivity contribution is 7.18. The molecule has 1 heterocycles. The highest BCUT2D eigenvalue weighted by atomic mass is 32.1. The van der Waals surface area contributed by atoms with Gasteiger partial charge in [-0.15, -0.1) is 0 Å². The molecule has 1 unspecified atom stereocenters. The maximum absolute atomic E-state index is 12.2. The van der Waals surface area contributed by atoms with E-state index in [9.17, 15) is 4.79 Å². The Kier molecular flexibility index (Phi) is 5.16. The monoisotopic (exact) mass is 304 g/mol. The Balaban J connectivity index is 1.97. The third-order valence-electron chi connectivity index (χ3n) is 2.95. The van der Waals surface area contributed by atoms with Crippen molar-refractivity contribution in [3.63, 3.8) is 0 Å². The normalized spacial score (nSPS) is 11.9. The maximum atomic E-state index is 12.2. The van der Waals surface area contributed by atoms with E-state index in [0.29, 0.717) is 10.0 Å². The van der Waals surface area contributed by atoms with Crippen molar-refractivity contribution in [2.45, 2.75) is 26.3 Å². The number of rotatable bonds is 6. The van der Waals surface area contributed by atoms with Crippen LogP contribution in [-0.4, -0.2) is 23.5 Å². The first kappa shape index (κ1) is 15.3. The second kappa shape index (κ2) is 7.08. The van der Waals surface area contributed by atoms with E-state index in [4.69, 9.17) is 5.73 Å². The van der Waals surface area contributed by atoms with Crippen LogP contribution in [0.3, 0.4) is 0 Å². The number of benzene rings is 1. The van der Waals surface area contributed by atoms with Gasteiger partial charge < -0.3 is 16.4 Å².